The smallest absolute Gasteiger partial charge is 0.284 e. The first-order valence-electron chi connectivity index (χ1n) is 7.88. The standard InChI is InChI=1S/C18H14BrFN2O3S2/c1-2-22-17(23)16(11-12-5-3-4-6-15(12)20)26-18(22)21-27(24,25)14-9-7-13(19)8-10-14/h3-11H,2H2,1H3/b16-11-,21-18+. The van der Waals surface area contributed by atoms with Crippen LogP contribution in [0.25, 0.3) is 6.08 Å². The zero-order valence-electron chi connectivity index (χ0n) is 14.1. The summed E-state index contributed by atoms with van der Waals surface area (Å²) in [4.78, 5) is 14.1. The van der Waals surface area contributed by atoms with Gasteiger partial charge in [0.15, 0.2) is 5.17 Å². The van der Waals surface area contributed by atoms with Gasteiger partial charge in [-0.2, -0.15) is 8.42 Å². The number of nitrogens with zero attached hydrogens (tertiary/aromatic N) is 2. The Morgan fingerprint density at radius 1 is 1.19 bits per heavy atom. The van der Waals surface area contributed by atoms with Crippen LogP contribution < -0.4 is 0 Å². The number of sulfonamides is 1. The predicted octanol–water partition coefficient (Wildman–Crippen LogP) is 4.27. The van der Waals surface area contributed by atoms with E-state index in [-0.39, 0.29) is 27.1 Å². The van der Waals surface area contributed by atoms with Gasteiger partial charge in [-0.1, -0.05) is 34.1 Å². The molecular weight excluding hydrogens is 455 g/mol. The summed E-state index contributed by atoms with van der Waals surface area (Å²) in [5.41, 5.74) is 0.251. The molecular formula is C18H14BrFN2O3S2. The van der Waals surface area contributed by atoms with Gasteiger partial charge in [0.1, 0.15) is 5.82 Å². The molecule has 1 aliphatic rings. The Labute approximate surface area is 169 Å². The van der Waals surface area contributed by atoms with Crippen LogP contribution in [0.4, 0.5) is 4.39 Å². The Kier molecular flexibility index (Phi) is 5.83. The second kappa shape index (κ2) is 7.95. The number of rotatable bonds is 4. The molecule has 0 aromatic heterocycles. The molecule has 3 rings (SSSR count). The highest BCUT2D eigenvalue weighted by molar-refractivity contribution is 9.10. The molecule has 1 saturated heterocycles. The van der Waals surface area contributed by atoms with Gasteiger partial charge in [-0.25, -0.2) is 4.39 Å². The van der Waals surface area contributed by atoms with Gasteiger partial charge in [-0.05, 0) is 55.1 Å². The van der Waals surface area contributed by atoms with E-state index in [1.54, 1.807) is 37.3 Å². The first kappa shape index (κ1) is 19.8. The second-order valence-electron chi connectivity index (χ2n) is 5.48. The van der Waals surface area contributed by atoms with Gasteiger partial charge in [0, 0.05) is 16.6 Å². The van der Waals surface area contributed by atoms with Gasteiger partial charge in [0.25, 0.3) is 15.9 Å². The fourth-order valence-electron chi connectivity index (χ4n) is 2.35. The van der Waals surface area contributed by atoms with E-state index in [1.807, 2.05) is 0 Å². The first-order chi connectivity index (χ1) is 12.8. The number of amidine groups is 1. The number of hydrogen-bond donors (Lipinski definition) is 0. The molecule has 0 bridgehead atoms. The number of amides is 1. The van der Waals surface area contributed by atoms with Crippen molar-refractivity contribution in [3.63, 3.8) is 0 Å². The zero-order chi connectivity index (χ0) is 19.6. The van der Waals surface area contributed by atoms with E-state index in [0.29, 0.717) is 0 Å². The summed E-state index contributed by atoms with van der Waals surface area (Å²) in [6.07, 6.45) is 1.40. The van der Waals surface area contributed by atoms with Gasteiger partial charge in [0.2, 0.25) is 0 Å². The Balaban J connectivity index is 1.98. The average molecular weight is 469 g/mol. The molecule has 1 amide bonds. The minimum Gasteiger partial charge on any atom is -0.286 e. The van der Waals surface area contributed by atoms with E-state index in [4.69, 9.17) is 0 Å². The molecule has 2 aromatic rings. The largest absolute Gasteiger partial charge is 0.286 e. The second-order valence-corrected chi connectivity index (χ2v) is 9.01. The molecule has 9 heteroatoms. The molecule has 2 aromatic carbocycles. The van der Waals surface area contributed by atoms with Crippen molar-refractivity contribution in [2.24, 2.45) is 4.40 Å². The third-order valence-electron chi connectivity index (χ3n) is 3.71. The number of carbonyl (C=O) groups excluding carboxylic acids is 1. The molecule has 140 valence electrons. The van der Waals surface area contributed by atoms with Crippen LogP contribution in [0, 0.1) is 5.82 Å². The molecule has 1 aliphatic heterocycles. The topological polar surface area (TPSA) is 66.8 Å². The van der Waals surface area contributed by atoms with Gasteiger partial charge in [-0.15, -0.1) is 4.40 Å². The minimum absolute atomic E-state index is 0.0221. The number of hydrogen-bond acceptors (Lipinski definition) is 4. The molecule has 0 radical (unpaired) electrons. The van der Waals surface area contributed by atoms with Crippen LogP contribution in [0.15, 0.2) is 67.2 Å². The van der Waals surface area contributed by atoms with Crippen molar-refractivity contribution in [2.75, 3.05) is 6.54 Å². The van der Waals surface area contributed by atoms with Crippen LogP contribution in [-0.4, -0.2) is 30.9 Å². The molecule has 0 saturated carbocycles. The molecule has 1 fully saturated rings. The fourth-order valence-corrected chi connectivity index (χ4v) is 4.85. The van der Waals surface area contributed by atoms with Crippen LogP contribution in [0.5, 0.6) is 0 Å². The van der Waals surface area contributed by atoms with Crippen LogP contribution >= 0.6 is 27.7 Å². The molecule has 1 heterocycles. The number of benzene rings is 2. The van der Waals surface area contributed by atoms with Crippen molar-refractivity contribution < 1.29 is 17.6 Å². The monoisotopic (exact) mass is 468 g/mol. The van der Waals surface area contributed by atoms with E-state index >= 15 is 0 Å². The van der Waals surface area contributed by atoms with Crippen LogP contribution in [0.1, 0.15) is 12.5 Å². The summed E-state index contributed by atoms with van der Waals surface area (Å²) >= 11 is 4.16. The van der Waals surface area contributed by atoms with Gasteiger partial charge in [0.05, 0.1) is 9.80 Å². The SMILES string of the molecule is CCN1C(=O)/C(=C/c2ccccc2F)S/C1=N/S(=O)(=O)c1ccc(Br)cc1. The highest BCUT2D eigenvalue weighted by Crippen LogP contribution is 2.34. The summed E-state index contributed by atoms with van der Waals surface area (Å²) in [7, 11) is -3.98. The van der Waals surface area contributed by atoms with E-state index < -0.39 is 21.7 Å². The summed E-state index contributed by atoms with van der Waals surface area (Å²) in [5, 5.41) is 0.0491. The number of thioether (sulfide) groups is 1. The Hall–Kier alpha value is -1.97. The van der Waals surface area contributed by atoms with E-state index in [2.05, 4.69) is 20.3 Å². The van der Waals surface area contributed by atoms with Gasteiger partial charge < -0.3 is 0 Å². The molecule has 0 aliphatic carbocycles. The molecule has 0 atom stereocenters. The summed E-state index contributed by atoms with van der Waals surface area (Å²) < 4.78 is 43.5. The lowest BCUT2D eigenvalue weighted by molar-refractivity contribution is -0.122. The van der Waals surface area contributed by atoms with Crippen molar-refractivity contribution >= 4 is 54.9 Å². The summed E-state index contributed by atoms with van der Waals surface area (Å²) in [6.45, 7) is 1.96. The maximum Gasteiger partial charge on any atom is 0.284 e. The molecule has 0 N–H and O–H groups in total. The van der Waals surface area contributed by atoms with Crippen LogP contribution in [-0.2, 0) is 14.8 Å². The lowest BCUT2D eigenvalue weighted by Crippen LogP contribution is -2.29. The normalized spacial score (nSPS) is 17.9. The lowest BCUT2D eigenvalue weighted by Gasteiger charge is -2.11. The molecule has 0 unspecified atom stereocenters. The van der Waals surface area contributed by atoms with E-state index in [1.165, 1.54) is 29.2 Å². The van der Waals surface area contributed by atoms with Crippen molar-refractivity contribution in [3.8, 4) is 0 Å². The third kappa shape index (κ3) is 4.31. The van der Waals surface area contributed by atoms with Crippen LogP contribution in [0.2, 0.25) is 0 Å². The van der Waals surface area contributed by atoms with Crippen molar-refractivity contribution in [2.45, 2.75) is 11.8 Å². The van der Waals surface area contributed by atoms with E-state index in [9.17, 15) is 17.6 Å². The summed E-state index contributed by atoms with van der Waals surface area (Å²) in [5.74, 6) is -0.871. The molecule has 5 nitrogen and oxygen atoms in total. The third-order valence-corrected chi connectivity index (χ3v) is 6.64. The first-order valence-corrected chi connectivity index (χ1v) is 10.9. The van der Waals surface area contributed by atoms with Gasteiger partial charge in [-0.3, -0.25) is 9.69 Å². The van der Waals surface area contributed by atoms with Crippen molar-refractivity contribution in [1.29, 1.82) is 0 Å². The minimum atomic E-state index is -3.98. The Morgan fingerprint density at radius 2 is 1.85 bits per heavy atom. The Morgan fingerprint density at radius 3 is 2.48 bits per heavy atom. The predicted molar refractivity (Wildman–Crippen MR) is 108 cm³/mol. The van der Waals surface area contributed by atoms with Gasteiger partial charge >= 0.3 is 0 Å². The zero-order valence-corrected chi connectivity index (χ0v) is 17.3. The highest BCUT2D eigenvalue weighted by atomic mass is 79.9. The highest BCUT2D eigenvalue weighted by Gasteiger charge is 2.34. The summed E-state index contributed by atoms with van der Waals surface area (Å²) in [6, 6.07) is 12.1. The lowest BCUT2D eigenvalue weighted by atomic mass is 10.2. The van der Waals surface area contributed by atoms with Crippen LogP contribution in [0.3, 0.4) is 0 Å². The number of likely N-dealkylation sites (N-methyl/N-ethyl adjacent to an activating group) is 1. The quantitative estimate of drug-likeness (QED) is 0.628. The fraction of sp³-hybridized carbons (Fsp3) is 0.111. The molecule has 0 spiro atoms. The molecule has 27 heavy (non-hydrogen) atoms. The van der Waals surface area contributed by atoms with E-state index in [0.717, 1.165) is 16.2 Å². The van der Waals surface area contributed by atoms with Crippen molar-refractivity contribution in [1.82, 2.24) is 4.90 Å². The van der Waals surface area contributed by atoms with Crippen molar-refractivity contribution in [3.05, 3.63) is 69.3 Å². The number of carbonyl (C=O) groups is 1. The average Bonchev–Trinajstić information content (AvgIpc) is 2.91. The Bertz CT molecular complexity index is 1050. The maximum atomic E-state index is 13.9. The maximum absolute atomic E-state index is 13.9. The number of halogens is 2.